The Labute approximate surface area is 119 Å². The van der Waals surface area contributed by atoms with Gasteiger partial charge >= 0.3 is 0 Å². The first-order chi connectivity index (χ1) is 8.66. The van der Waals surface area contributed by atoms with Crippen LogP contribution in [0.2, 0.25) is 5.02 Å². The van der Waals surface area contributed by atoms with E-state index in [1.807, 2.05) is 26.8 Å². The van der Waals surface area contributed by atoms with E-state index in [9.17, 15) is 8.42 Å². The topological polar surface area (TPSA) is 61.2 Å². The normalized spacial score (nSPS) is 12.5. The zero-order chi connectivity index (χ0) is 14.8. The number of nitriles is 1. The van der Waals surface area contributed by atoms with Crippen LogP contribution in [0.5, 0.6) is 0 Å². The third-order valence-corrected chi connectivity index (χ3v) is 5.97. The molecule has 0 spiro atoms. The number of benzene rings is 1. The number of hydrogen-bond donors (Lipinski definition) is 0. The van der Waals surface area contributed by atoms with Gasteiger partial charge in [-0.3, -0.25) is 0 Å². The lowest BCUT2D eigenvalue weighted by Gasteiger charge is -2.33. The number of halogens is 1. The minimum atomic E-state index is -3.72. The Morgan fingerprint density at radius 3 is 2.47 bits per heavy atom. The molecule has 0 bridgehead atoms. The predicted molar refractivity (Wildman–Crippen MR) is 75.5 cm³/mol. The van der Waals surface area contributed by atoms with E-state index < -0.39 is 15.6 Å². The molecule has 4 nitrogen and oxygen atoms in total. The summed E-state index contributed by atoms with van der Waals surface area (Å²) >= 11 is 5.96. The average molecular weight is 301 g/mol. The van der Waals surface area contributed by atoms with Crippen molar-refractivity contribution in [2.75, 3.05) is 7.05 Å². The van der Waals surface area contributed by atoms with Crippen molar-refractivity contribution in [2.45, 2.75) is 37.6 Å². The molecule has 0 aliphatic heterocycles. The molecule has 1 aromatic carbocycles. The Balaban J connectivity index is 3.40. The van der Waals surface area contributed by atoms with Gasteiger partial charge < -0.3 is 0 Å². The van der Waals surface area contributed by atoms with Crippen molar-refractivity contribution in [3.8, 4) is 6.07 Å². The molecule has 0 aliphatic carbocycles. The molecular formula is C13H17ClN2O2S. The van der Waals surface area contributed by atoms with Crippen molar-refractivity contribution < 1.29 is 8.42 Å². The maximum Gasteiger partial charge on any atom is 0.244 e. The molecule has 0 radical (unpaired) electrons. The van der Waals surface area contributed by atoms with Gasteiger partial charge in [0.15, 0.2) is 0 Å². The van der Waals surface area contributed by atoms with E-state index in [4.69, 9.17) is 16.9 Å². The summed E-state index contributed by atoms with van der Waals surface area (Å²) in [6.45, 7) is 5.60. The molecule has 0 aliphatic rings. The van der Waals surface area contributed by atoms with Crippen molar-refractivity contribution in [1.82, 2.24) is 4.31 Å². The van der Waals surface area contributed by atoms with Gasteiger partial charge in [0.05, 0.1) is 16.7 Å². The molecule has 0 N–H and O–H groups in total. The fourth-order valence-electron chi connectivity index (χ4n) is 1.47. The van der Waals surface area contributed by atoms with Crippen molar-refractivity contribution in [2.24, 2.45) is 0 Å². The fourth-order valence-corrected chi connectivity index (χ4v) is 3.54. The van der Waals surface area contributed by atoms with Crippen LogP contribution in [0.3, 0.4) is 0 Å². The van der Waals surface area contributed by atoms with Gasteiger partial charge in [0.25, 0.3) is 0 Å². The average Bonchev–Trinajstić information content (AvgIpc) is 2.38. The smallest absolute Gasteiger partial charge is 0.207 e. The van der Waals surface area contributed by atoms with Crippen LogP contribution in [0.25, 0.3) is 0 Å². The van der Waals surface area contributed by atoms with E-state index in [2.05, 4.69) is 0 Å². The van der Waals surface area contributed by atoms with Gasteiger partial charge in [-0.05, 0) is 38.5 Å². The molecule has 0 fully saturated rings. The van der Waals surface area contributed by atoms with E-state index >= 15 is 0 Å². The largest absolute Gasteiger partial charge is 0.244 e. The van der Waals surface area contributed by atoms with Gasteiger partial charge in [0, 0.05) is 12.6 Å². The van der Waals surface area contributed by atoms with E-state index in [0.29, 0.717) is 6.42 Å². The molecule has 1 aromatic rings. The van der Waals surface area contributed by atoms with E-state index in [1.54, 1.807) is 0 Å². The van der Waals surface area contributed by atoms with Gasteiger partial charge in [0.1, 0.15) is 4.90 Å². The first-order valence-electron chi connectivity index (χ1n) is 5.85. The highest BCUT2D eigenvalue weighted by Crippen LogP contribution is 2.30. The number of hydrogen-bond acceptors (Lipinski definition) is 3. The summed E-state index contributed by atoms with van der Waals surface area (Å²) in [6, 6.07) is 6.14. The summed E-state index contributed by atoms with van der Waals surface area (Å²) in [5, 5.41) is 8.98. The summed E-state index contributed by atoms with van der Waals surface area (Å²) in [7, 11) is -2.20. The lowest BCUT2D eigenvalue weighted by atomic mass is 10.0. The molecule has 0 aromatic heterocycles. The third-order valence-electron chi connectivity index (χ3n) is 3.42. The lowest BCUT2D eigenvalue weighted by molar-refractivity contribution is 0.257. The fraction of sp³-hybridized carbons (Fsp3) is 0.462. The van der Waals surface area contributed by atoms with E-state index in [0.717, 1.165) is 0 Å². The zero-order valence-corrected chi connectivity index (χ0v) is 13.0. The predicted octanol–water partition coefficient (Wildman–Crippen LogP) is 3.02. The molecule has 0 atom stereocenters. The summed E-state index contributed by atoms with van der Waals surface area (Å²) in [5.41, 5.74) is -0.254. The van der Waals surface area contributed by atoms with Crippen molar-refractivity contribution >= 4 is 21.6 Å². The minimum Gasteiger partial charge on any atom is -0.207 e. The van der Waals surface area contributed by atoms with Crippen LogP contribution in [0.4, 0.5) is 0 Å². The van der Waals surface area contributed by atoms with Crippen molar-refractivity contribution in [3.63, 3.8) is 0 Å². The summed E-state index contributed by atoms with van der Waals surface area (Å²) in [6.07, 6.45) is 0.665. The molecule has 19 heavy (non-hydrogen) atoms. The molecule has 0 amide bonds. The summed E-state index contributed by atoms with van der Waals surface area (Å²) < 4.78 is 26.4. The number of sulfonamides is 1. The Morgan fingerprint density at radius 1 is 1.42 bits per heavy atom. The second-order valence-corrected chi connectivity index (χ2v) is 7.24. The van der Waals surface area contributed by atoms with Crippen LogP contribution in [0, 0.1) is 11.3 Å². The first-order valence-corrected chi connectivity index (χ1v) is 7.67. The Bertz CT molecular complexity index is 618. The van der Waals surface area contributed by atoms with Crippen LogP contribution in [0.15, 0.2) is 23.1 Å². The molecule has 0 unspecified atom stereocenters. The molecule has 0 heterocycles. The van der Waals surface area contributed by atoms with Crippen LogP contribution >= 0.6 is 11.6 Å². The molecule has 0 saturated heterocycles. The minimum absolute atomic E-state index is 0.0303. The van der Waals surface area contributed by atoms with E-state index in [-0.39, 0.29) is 15.5 Å². The highest BCUT2D eigenvalue weighted by molar-refractivity contribution is 7.89. The van der Waals surface area contributed by atoms with E-state index in [1.165, 1.54) is 29.6 Å². The highest BCUT2D eigenvalue weighted by atomic mass is 35.5. The van der Waals surface area contributed by atoms with Gasteiger partial charge in [-0.1, -0.05) is 18.5 Å². The number of rotatable bonds is 4. The standard InChI is InChI=1S/C13H17ClN2O2S/c1-5-13(2,3)16(4)19(17,18)12-8-10(9-15)6-7-11(12)14/h6-8H,5H2,1-4H3. The van der Waals surface area contributed by atoms with Crippen molar-refractivity contribution in [1.29, 1.82) is 5.26 Å². The molecule has 1 rings (SSSR count). The van der Waals surface area contributed by atoms with Crippen LogP contribution in [-0.4, -0.2) is 25.3 Å². The first kappa shape index (κ1) is 16.0. The van der Waals surface area contributed by atoms with Crippen LogP contribution in [0.1, 0.15) is 32.8 Å². The van der Waals surface area contributed by atoms with Gasteiger partial charge in [0.2, 0.25) is 10.0 Å². The number of nitrogens with zero attached hydrogens (tertiary/aromatic N) is 2. The second-order valence-electron chi connectivity index (χ2n) is 4.90. The van der Waals surface area contributed by atoms with Crippen LogP contribution in [-0.2, 0) is 10.0 Å². The quantitative estimate of drug-likeness (QED) is 0.858. The molecule has 0 saturated carbocycles. The Kier molecular flexibility index (Phi) is 4.62. The SMILES string of the molecule is CCC(C)(C)N(C)S(=O)(=O)c1cc(C#N)ccc1Cl. The maximum absolute atomic E-state index is 12.6. The zero-order valence-electron chi connectivity index (χ0n) is 11.4. The maximum atomic E-state index is 12.6. The Hall–Kier alpha value is -1.09. The highest BCUT2D eigenvalue weighted by Gasteiger charge is 2.34. The van der Waals surface area contributed by atoms with Crippen LogP contribution < -0.4 is 0 Å². The molecular weight excluding hydrogens is 284 g/mol. The molecule has 104 valence electrons. The van der Waals surface area contributed by atoms with Gasteiger partial charge in [-0.25, -0.2) is 8.42 Å². The third kappa shape index (κ3) is 3.08. The monoisotopic (exact) mass is 300 g/mol. The molecule has 6 heteroatoms. The summed E-state index contributed by atoms with van der Waals surface area (Å²) in [5.74, 6) is 0. The van der Waals surface area contributed by atoms with Gasteiger partial charge in [-0.2, -0.15) is 9.57 Å². The summed E-state index contributed by atoms with van der Waals surface area (Å²) in [4.78, 5) is -0.0303. The van der Waals surface area contributed by atoms with Gasteiger partial charge in [-0.15, -0.1) is 0 Å². The second kappa shape index (κ2) is 5.49. The Morgan fingerprint density at radius 2 is 2.00 bits per heavy atom. The lowest BCUT2D eigenvalue weighted by Crippen LogP contribution is -2.44. The van der Waals surface area contributed by atoms with Crippen molar-refractivity contribution in [3.05, 3.63) is 28.8 Å².